The van der Waals surface area contributed by atoms with Crippen LogP contribution in [0.1, 0.15) is 38.5 Å². The fraction of sp³-hybridized carbons (Fsp3) is 0.833. The molecule has 15 heavy (non-hydrogen) atoms. The van der Waals surface area contributed by atoms with E-state index in [9.17, 15) is 4.79 Å². The number of Topliss-reactive ketones (excluding diaryl/α,β-unsaturated/α-hetero) is 1. The predicted octanol–water partition coefficient (Wildman–Crippen LogP) is 1.73. The van der Waals surface area contributed by atoms with Gasteiger partial charge in [0, 0.05) is 13.0 Å². The van der Waals surface area contributed by atoms with Gasteiger partial charge in [0.1, 0.15) is 5.78 Å². The second-order valence-corrected chi connectivity index (χ2v) is 4.69. The zero-order valence-electron chi connectivity index (χ0n) is 9.11. The molecule has 2 unspecified atom stereocenters. The van der Waals surface area contributed by atoms with E-state index >= 15 is 0 Å². The van der Waals surface area contributed by atoms with Gasteiger partial charge in [0.05, 0.1) is 18.0 Å². The normalized spacial score (nSPS) is 33.7. The molecule has 1 saturated carbocycles. The summed E-state index contributed by atoms with van der Waals surface area (Å²) in [5, 5.41) is 8.91. The van der Waals surface area contributed by atoms with Crippen molar-refractivity contribution in [2.75, 3.05) is 13.1 Å². The van der Waals surface area contributed by atoms with Gasteiger partial charge in [0.15, 0.2) is 0 Å². The van der Waals surface area contributed by atoms with Crippen LogP contribution in [0.2, 0.25) is 0 Å². The predicted molar refractivity (Wildman–Crippen MR) is 57.2 cm³/mol. The standard InChI is InChI=1S/C12H18N2O/c13-8-10-4-3-7-14(9-10)11-5-1-2-6-12(11)15/h10-11H,1-7,9H2. The van der Waals surface area contributed by atoms with Crippen LogP contribution in [0.25, 0.3) is 0 Å². The van der Waals surface area contributed by atoms with Crippen molar-refractivity contribution in [1.29, 1.82) is 5.26 Å². The Hall–Kier alpha value is -0.880. The molecule has 2 atom stereocenters. The lowest BCUT2D eigenvalue weighted by Gasteiger charge is -2.37. The molecule has 0 aromatic carbocycles. The van der Waals surface area contributed by atoms with Crippen LogP contribution in [0.15, 0.2) is 0 Å². The monoisotopic (exact) mass is 206 g/mol. The minimum Gasteiger partial charge on any atom is -0.298 e. The molecule has 1 heterocycles. The maximum atomic E-state index is 11.8. The first-order valence-electron chi connectivity index (χ1n) is 5.97. The average Bonchev–Trinajstić information content (AvgIpc) is 2.30. The smallest absolute Gasteiger partial charge is 0.149 e. The van der Waals surface area contributed by atoms with Gasteiger partial charge in [0.2, 0.25) is 0 Å². The van der Waals surface area contributed by atoms with Gasteiger partial charge in [0.25, 0.3) is 0 Å². The molecule has 0 aromatic heterocycles. The van der Waals surface area contributed by atoms with Crippen molar-refractivity contribution in [3.05, 3.63) is 0 Å². The molecule has 0 spiro atoms. The highest BCUT2D eigenvalue weighted by atomic mass is 16.1. The van der Waals surface area contributed by atoms with Gasteiger partial charge in [-0.2, -0.15) is 5.26 Å². The van der Waals surface area contributed by atoms with E-state index in [1.807, 2.05) is 0 Å². The number of carbonyl (C=O) groups is 1. The molecule has 2 rings (SSSR count). The molecular weight excluding hydrogens is 188 g/mol. The Morgan fingerprint density at radius 2 is 2.13 bits per heavy atom. The molecule has 1 aliphatic carbocycles. The lowest BCUT2D eigenvalue weighted by Crippen LogP contribution is -2.47. The summed E-state index contributed by atoms with van der Waals surface area (Å²) in [7, 11) is 0. The van der Waals surface area contributed by atoms with E-state index in [-0.39, 0.29) is 12.0 Å². The van der Waals surface area contributed by atoms with Crippen LogP contribution in [0.3, 0.4) is 0 Å². The summed E-state index contributed by atoms with van der Waals surface area (Å²) in [5.74, 6) is 0.549. The molecule has 3 nitrogen and oxygen atoms in total. The molecule has 3 heteroatoms. The van der Waals surface area contributed by atoms with Gasteiger partial charge in [-0.1, -0.05) is 6.42 Å². The number of nitriles is 1. The third-order valence-electron chi connectivity index (χ3n) is 3.60. The Morgan fingerprint density at radius 3 is 2.87 bits per heavy atom. The molecule has 1 aliphatic heterocycles. The molecule has 0 N–H and O–H groups in total. The van der Waals surface area contributed by atoms with Crippen LogP contribution in [-0.2, 0) is 4.79 Å². The summed E-state index contributed by atoms with van der Waals surface area (Å²) < 4.78 is 0. The third kappa shape index (κ3) is 2.38. The Morgan fingerprint density at radius 1 is 1.27 bits per heavy atom. The van der Waals surface area contributed by atoms with Crippen molar-refractivity contribution in [3.63, 3.8) is 0 Å². The van der Waals surface area contributed by atoms with E-state index in [0.717, 1.165) is 45.2 Å². The van der Waals surface area contributed by atoms with Crippen LogP contribution in [-0.4, -0.2) is 29.8 Å². The zero-order valence-corrected chi connectivity index (χ0v) is 9.11. The van der Waals surface area contributed by atoms with Gasteiger partial charge in [-0.25, -0.2) is 0 Å². The van der Waals surface area contributed by atoms with E-state index in [1.165, 1.54) is 6.42 Å². The highest BCUT2D eigenvalue weighted by Gasteiger charge is 2.31. The van der Waals surface area contributed by atoms with Crippen LogP contribution < -0.4 is 0 Å². The van der Waals surface area contributed by atoms with Crippen molar-refractivity contribution in [1.82, 2.24) is 4.90 Å². The number of rotatable bonds is 1. The second-order valence-electron chi connectivity index (χ2n) is 4.69. The Kier molecular flexibility index (Phi) is 3.37. The van der Waals surface area contributed by atoms with Crippen LogP contribution in [0, 0.1) is 17.2 Å². The highest BCUT2D eigenvalue weighted by molar-refractivity contribution is 5.84. The third-order valence-corrected chi connectivity index (χ3v) is 3.60. The van der Waals surface area contributed by atoms with Crippen LogP contribution in [0.5, 0.6) is 0 Å². The summed E-state index contributed by atoms with van der Waals surface area (Å²) in [6.07, 6.45) is 6.07. The number of ketones is 1. The van der Waals surface area contributed by atoms with Gasteiger partial charge >= 0.3 is 0 Å². The molecule has 1 saturated heterocycles. The molecule has 0 amide bonds. The van der Waals surface area contributed by atoms with Gasteiger partial charge < -0.3 is 0 Å². The van der Waals surface area contributed by atoms with Gasteiger partial charge in [-0.05, 0) is 32.2 Å². The maximum Gasteiger partial charge on any atom is 0.149 e. The van der Waals surface area contributed by atoms with E-state index in [4.69, 9.17) is 5.26 Å². The van der Waals surface area contributed by atoms with Crippen molar-refractivity contribution >= 4 is 5.78 Å². The van der Waals surface area contributed by atoms with Crippen LogP contribution >= 0.6 is 0 Å². The number of hydrogen-bond donors (Lipinski definition) is 0. The number of piperidine rings is 1. The largest absolute Gasteiger partial charge is 0.298 e. The first kappa shape index (κ1) is 10.6. The minimum absolute atomic E-state index is 0.134. The van der Waals surface area contributed by atoms with Crippen molar-refractivity contribution in [2.45, 2.75) is 44.6 Å². The number of carbonyl (C=O) groups excluding carboxylic acids is 1. The maximum absolute atomic E-state index is 11.8. The summed E-state index contributed by atoms with van der Waals surface area (Å²) in [5.41, 5.74) is 0. The molecule has 0 aromatic rings. The first-order chi connectivity index (χ1) is 7.31. The fourth-order valence-corrected chi connectivity index (χ4v) is 2.75. The van der Waals surface area contributed by atoms with E-state index in [0.29, 0.717) is 5.78 Å². The lowest BCUT2D eigenvalue weighted by atomic mass is 9.90. The zero-order chi connectivity index (χ0) is 10.7. The topological polar surface area (TPSA) is 44.1 Å². The van der Waals surface area contributed by atoms with Crippen LogP contribution in [0.4, 0.5) is 0 Å². The Bertz CT molecular complexity index is 282. The quantitative estimate of drug-likeness (QED) is 0.656. The fourth-order valence-electron chi connectivity index (χ4n) is 2.75. The summed E-state index contributed by atoms with van der Waals surface area (Å²) in [6.45, 7) is 1.82. The second kappa shape index (κ2) is 4.76. The Balaban J connectivity index is 1.97. The number of nitrogens with zero attached hydrogens (tertiary/aromatic N) is 2. The molecular formula is C12H18N2O. The minimum atomic E-state index is 0.134. The number of likely N-dealkylation sites (tertiary alicyclic amines) is 1. The van der Waals surface area contributed by atoms with Gasteiger partial charge in [-0.3, -0.25) is 9.69 Å². The van der Waals surface area contributed by atoms with Crippen molar-refractivity contribution < 1.29 is 4.79 Å². The van der Waals surface area contributed by atoms with Crippen molar-refractivity contribution in [2.24, 2.45) is 5.92 Å². The van der Waals surface area contributed by atoms with E-state index < -0.39 is 0 Å². The molecule has 82 valence electrons. The summed E-state index contributed by atoms with van der Waals surface area (Å²) >= 11 is 0. The lowest BCUT2D eigenvalue weighted by molar-refractivity contribution is -0.126. The molecule has 2 aliphatic rings. The Labute approximate surface area is 91.1 Å². The molecule has 0 radical (unpaired) electrons. The number of hydrogen-bond acceptors (Lipinski definition) is 3. The van der Waals surface area contributed by atoms with E-state index in [2.05, 4.69) is 11.0 Å². The summed E-state index contributed by atoms with van der Waals surface area (Å²) in [6, 6.07) is 2.47. The van der Waals surface area contributed by atoms with Gasteiger partial charge in [-0.15, -0.1) is 0 Å². The molecule has 0 bridgehead atoms. The first-order valence-corrected chi connectivity index (χ1v) is 5.97. The average molecular weight is 206 g/mol. The molecule has 2 fully saturated rings. The summed E-state index contributed by atoms with van der Waals surface area (Å²) in [4.78, 5) is 14.0. The van der Waals surface area contributed by atoms with Crippen molar-refractivity contribution in [3.8, 4) is 6.07 Å². The van der Waals surface area contributed by atoms with E-state index in [1.54, 1.807) is 0 Å². The SMILES string of the molecule is N#CC1CCCN(C2CCCCC2=O)C1. The highest BCUT2D eigenvalue weighted by Crippen LogP contribution is 2.24.